The Labute approximate surface area is 81.5 Å². The van der Waals surface area contributed by atoms with Crippen molar-refractivity contribution in [1.82, 2.24) is 9.78 Å². The molecule has 0 radical (unpaired) electrons. The number of anilines is 2. The Morgan fingerprint density at radius 1 is 1.71 bits per heavy atom. The van der Waals surface area contributed by atoms with Crippen LogP contribution in [0.5, 0.6) is 0 Å². The molecule has 1 aromatic heterocycles. The van der Waals surface area contributed by atoms with Crippen molar-refractivity contribution in [3.05, 3.63) is 6.20 Å². The highest BCUT2D eigenvalue weighted by Gasteiger charge is 2.11. The molecule has 5 N–H and O–H groups in total. The first kappa shape index (κ1) is 10.4. The van der Waals surface area contributed by atoms with Crippen LogP contribution in [0.3, 0.4) is 0 Å². The van der Waals surface area contributed by atoms with Crippen LogP contribution in [0.2, 0.25) is 0 Å². The van der Waals surface area contributed by atoms with Crippen LogP contribution in [-0.4, -0.2) is 20.9 Å². The fourth-order valence-electron chi connectivity index (χ4n) is 1.21. The van der Waals surface area contributed by atoms with E-state index in [9.17, 15) is 4.79 Å². The van der Waals surface area contributed by atoms with Gasteiger partial charge in [0.15, 0.2) is 0 Å². The number of hydrogen-bond donors (Lipinski definition) is 3. The highest BCUT2D eigenvalue weighted by Crippen LogP contribution is 2.15. The second kappa shape index (κ2) is 3.99. The molecule has 0 amide bonds. The molecule has 78 valence electrons. The summed E-state index contributed by atoms with van der Waals surface area (Å²) in [6, 6.07) is 0. The van der Waals surface area contributed by atoms with E-state index in [4.69, 9.17) is 16.6 Å². The van der Waals surface area contributed by atoms with Gasteiger partial charge in [-0.25, -0.2) is 4.68 Å². The zero-order valence-corrected chi connectivity index (χ0v) is 7.97. The van der Waals surface area contributed by atoms with Gasteiger partial charge >= 0.3 is 5.97 Å². The summed E-state index contributed by atoms with van der Waals surface area (Å²) in [6.45, 7) is 2.29. The predicted molar refractivity (Wildman–Crippen MR) is 52.5 cm³/mol. The van der Waals surface area contributed by atoms with Crippen LogP contribution < -0.4 is 11.5 Å². The van der Waals surface area contributed by atoms with Crippen molar-refractivity contribution in [2.75, 3.05) is 11.5 Å². The zero-order chi connectivity index (χ0) is 10.7. The molecule has 0 aliphatic heterocycles. The van der Waals surface area contributed by atoms with Gasteiger partial charge in [0.2, 0.25) is 0 Å². The highest BCUT2D eigenvalue weighted by molar-refractivity contribution is 5.67. The van der Waals surface area contributed by atoms with Crippen molar-refractivity contribution in [3.8, 4) is 0 Å². The average molecular weight is 198 g/mol. The standard InChI is InChI=1S/C8H14N4O2/c1-5(2-7(13)14)4-12-8(10)6(9)3-11-12/h3,5H,2,4,9-10H2,1H3,(H,13,14). The molecule has 0 aliphatic carbocycles. The normalized spacial score (nSPS) is 12.6. The molecule has 0 bridgehead atoms. The predicted octanol–water partition coefficient (Wildman–Crippen LogP) is 0.158. The van der Waals surface area contributed by atoms with Crippen molar-refractivity contribution in [2.45, 2.75) is 19.9 Å². The lowest BCUT2D eigenvalue weighted by Crippen LogP contribution is -2.14. The highest BCUT2D eigenvalue weighted by atomic mass is 16.4. The Hall–Kier alpha value is -1.72. The van der Waals surface area contributed by atoms with Gasteiger partial charge in [0.25, 0.3) is 0 Å². The molecule has 1 aromatic rings. The number of hydrogen-bond acceptors (Lipinski definition) is 4. The Morgan fingerprint density at radius 3 is 2.79 bits per heavy atom. The summed E-state index contributed by atoms with van der Waals surface area (Å²) in [7, 11) is 0. The van der Waals surface area contributed by atoms with Crippen molar-refractivity contribution >= 4 is 17.5 Å². The molecule has 1 unspecified atom stereocenters. The number of rotatable bonds is 4. The van der Waals surface area contributed by atoms with E-state index in [1.165, 1.54) is 10.9 Å². The second-order valence-corrected chi connectivity index (χ2v) is 3.37. The minimum Gasteiger partial charge on any atom is -0.481 e. The molecule has 0 fully saturated rings. The third-order valence-electron chi connectivity index (χ3n) is 1.92. The molecular formula is C8H14N4O2. The number of aliphatic carboxylic acids is 1. The Balaban J connectivity index is 2.60. The molecule has 0 aromatic carbocycles. The maximum Gasteiger partial charge on any atom is 0.303 e. The van der Waals surface area contributed by atoms with Gasteiger partial charge in [0, 0.05) is 13.0 Å². The maximum absolute atomic E-state index is 10.4. The summed E-state index contributed by atoms with van der Waals surface area (Å²) in [5.41, 5.74) is 11.5. The third kappa shape index (κ3) is 2.38. The van der Waals surface area contributed by atoms with Crippen LogP contribution in [0.1, 0.15) is 13.3 Å². The van der Waals surface area contributed by atoms with E-state index in [1.807, 2.05) is 6.92 Å². The molecular weight excluding hydrogens is 184 g/mol. The van der Waals surface area contributed by atoms with E-state index < -0.39 is 5.97 Å². The van der Waals surface area contributed by atoms with Gasteiger partial charge in [-0.3, -0.25) is 4.79 Å². The van der Waals surface area contributed by atoms with Crippen LogP contribution in [0.4, 0.5) is 11.5 Å². The number of nitrogens with zero attached hydrogens (tertiary/aromatic N) is 2. The van der Waals surface area contributed by atoms with Gasteiger partial charge in [-0.1, -0.05) is 6.92 Å². The molecule has 1 heterocycles. The maximum atomic E-state index is 10.4. The van der Waals surface area contributed by atoms with Crippen molar-refractivity contribution in [3.63, 3.8) is 0 Å². The van der Waals surface area contributed by atoms with Crippen LogP contribution in [0.25, 0.3) is 0 Å². The van der Waals surface area contributed by atoms with E-state index in [2.05, 4.69) is 5.10 Å². The molecule has 6 heteroatoms. The fraction of sp³-hybridized carbons (Fsp3) is 0.500. The second-order valence-electron chi connectivity index (χ2n) is 3.37. The Kier molecular flexibility index (Phi) is 2.95. The molecule has 0 aliphatic rings. The summed E-state index contributed by atoms with van der Waals surface area (Å²) < 4.78 is 1.52. The van der Waals surface area contributed by atoms with Crippen LogP contribution in [-0.2, 0) is 11.3 Å². The van der Waals surface area contributed by atoms with E-state index in [1.54, 1.807) is 0 Å². The first-order valence-electron chi connectivity index (χ1n) is 4.29. The summed E-state index contributed by atoms with van der Waals surface area (Å²) in [5.74, 6) is -0.451. The van der Waals surface area contributed by atoms with Crippen LogP contribution >= 0.6 is 0 Å². The largest absolute Gasteiger partial charge is 0.481 e. The van der Waals surface area contributed by atoms with Crippen LogP contribution in [0, 0.1) is 5.92 Å². The third-order valence-corrected chi connectivity index (χ3v) is 1.92. The van der Waals surface area contributed by atoms with Gasteiger partial charge < -0.3 is 16.6 Å². The average Bonchev–Trinajstić information content (AvgIpc) is 2.34. The van der Waals surface area contributed by atoms with Crippen LogP contribution in [0.15, 0.2) is 6.20 Å². The lowest BCUT2D eigenvalue weighted by Gasteiger charge is -2.09. The minimum absolute atomic E-state index is 0.0194. The number of carboxylic acid groups (broad SMARTS) is 1. The number of nitrogen functional groups attached to an aromatic ring is 2. The van der Waals surface area contributed by atoms with Crippen molar-refractivity contribution in [2.24, 2.45) is 5.92 Å². The van der Waals surface area contributed by atoms with Gasteiger partial charge in [0.05, 0.1) is 11.9 Å². The first-order valence-corrected chi connectivity index (χ1v) is 4.29. The van der Waals surface area contributed by atoms with E-state index in [-0.39, 0.29) is 12.3 Å². The monoisotopic (exact) mass is 198 g/mol. The summed E-state index contributed by atoms with van der Waals surface area (Å²) in [5, 5.41) is 12.5. The SMILES string of the molecule is CC(CC(=O)O)Cn1ncc(N)c1N. The van der Waals surface area contributed by atoms with Gasteiger partial charge in [-0.2, -0.15) is 5.10 Å². The molecule has 0 spiro atoms. The quantitative estimate of drug-likeness (QED) is 0.638. The van der Waals surface area contributed by atoms with Crippen molar-refractivity contribution < 1.29 is 9.90 Å². The van der Waals surface area contributed by atoms with Gasteiger partial charge in [-0.05, 0) is 5.92 Å². The molecule has 0 saturated carbocycles. The minimum atomic E-state index is -0.823. The first-order chi connectivity index (χ1) is 6.50. The summed E-state index contributed by atoms with van der Waals surface area (Å²) in [6.07, 6.45) is 1.56. The lowest BCUT2D eigenvalue weighted by molar-refractivity contribution is -0.138. The summed E-state index contributed by atoms with van der Waals surface area (Å²) >= 11 is 0. The van der Waals surface area contributed by atoms with E-state index in [0.29, 0.717) is 18.1 Å². The number of aromatic nitrogens is 2. The van der Waals surface area contributed by atoms with E-state index >= 15 is 0 Å². The van der Waals surface area contributed by atoms with Gasteiger partial charge in [-0.15, -0.1) is 0 Å². The molecule has 1 atom stereocenters. The summed E-state index contributed by atoms with van der Waals surface area (Å²) in [4.78, 5) is 10.4. The molecule has 6 nitrogen and oxygen atoms in total. The topological polar surface area (TPSA) is 107 Å². The Bertz CT molecular complexity index is 334. The zero-order valence-electron chi connectivity index (χ0n) is 7.97. The molecule has 0 saturated heterocycles. The lowest BCUT2D eigenvalue weighted by atomic mass is 10.1. The molecule has 1 rings (SSSR count). The van der Waals surface area contributed by atoms with Crippen molar-refractivity contribution in [1.29, 1.82) is 0 Å². The Morgan fingerprint density at radius 2 is 2.36 bits per heavy atom. The molecule has 14 heavy (non-hydrogen) atoms. The fourth-order valence-corrected chi connectivity index (χ4v) is 1.21. The van der Waals surface area contributed by atoms with E-state index in [0.717, 1.165) is 0 Å². The number of carboxylic acids is 1. The van der Waals surface area contributed by atoms with Gasteiger partial charge in [0.1, 0.15) is 5.82 Å². The smallest absolute Gasteiger partial charge is 0.303 e. The number of nitrogens with two attached hydrogens (primary N) is 2. The number of carbonyl (C=O) groups is 1.